The summed E-state index contributed by atoms with van der Waals surface area (Å²) in [6, 6.07) is 11.0. The van der Waals surface area contributed by atoms with E-state index in [4.69, 9.17) is 4.74 Å². The summed E-state index contributed by atoms with van der Waals surface area (Å²) >= 11 is 4.17. The van der Waals surface area contributed by atoms with Gasteiger partial charge in [0, 0.05) is 38.1 Å². The van der Waals surface area contributed by atoms with E-state index in [2.05, 4.69) is 22.7 Å². The maximum absolute atomic E-state index is 11.8. The zero-order valence-electron chi connectivity index (χ0n) is 14.8. The monoisotopic (exact) mass is 379 g/mol. The first-order valence-corrected chi connectivity index (χ1v) is 8.51. The molecule has 0 fully saturated rings. The second-order valence-electron chi connectivity index (χ2n) is 5.96. The fraction of sp³-hybridized carbons (Fsp3) is 0.158. The fourth-order valence-corrected chi connectivity index (χ4v) is 2.57. The van der Waals surface area contributed by atoms with Crippen LogP contribution in [0.4, 0.5) is 0 Å². The molecule has 1 aromatic carbocycles. The lowest BCUT2D eigenvalue weighted by Crippen LogP contribution is -2.26. The van der Waals surface area contributed by atoms with Crippen molar-refractivity contribution < 1.29 is 9.53 Å². The summed E-state index contributed by atoms with van der Waals surface area (Å²) in [5, 5.41) is 13.8. The molecule has 0 atom stereocenters. The smallest absolute Gasteiger partial charge is 0.243 e. The minimum atomic E-state index is -0.0254. The van der Waals surface area contributed by atoms with Gasteiger partial charge in [0.15, 0.2) is 0 Å². The van der Waals surface area contributed by atoms with E-state index in [0.29, 0.717) is 16.5 Å². The van der Waals surface area contributed by atoms with Crippen LogP contribution in [0.5, 0.6) is 11.5 Å². The third-order valence-electron chi connectivity index (χ3n) is 3.85. The number of likely N-dealkylation sites (N-methyl/N-ethyl adjacent to an activating group) is 1. The molecule has 8 heteroatoms. The van der Waals surface area contributed by atoms with Crippen LogP contribution in [0.3, 0.4) is 0 Å². The molecule has 0 bridgehead atoms. The third-order valence-corrected chi connectivity index (χ3v) is 4.19. The predicted molar refractivity (Wildman–Crippen MR) is 103 cm³/mol. The molecule has 2 aromatic heterocycles. The van der Waals surface area contributed by atoms with Crippen LogP contribution in [0, 0.1) is 11.3 Å². The second kappa shape index (κ2) is 7.93. The number of hydrogen-bond acceptors (Lipinski definition) is 6. The van der Waals surface area contributed by atoms with Gasteiger partial charge in [-0.05, 0) is 17.7 Å². The normalized spacial score (nSPS) is 10.3. The quantitative estimate of drug-likeness (QED) is 0.689. The molecular weight excluding hydrogens is 362 g/mol. The van der Waals surface area contributed by atoms with Crippen molar-refractivity contribution in [2.24, 2.45) is 0 Å². The molecule has 7 nitrogen and oxygen atoms in total. The van der Waals surface area contributed by atoms with E-state index in [9.17, 15) is 10.1 Å². The molecule has 3 rings (SSSR count). The van der Waals surface area contributed by atoms with Gasteiger partial charge < -0.3 is 9.64 Å². The van der Waals surface area contributed by atoms with Crippen molar-refractivity contribution in [1.29, 1.82) is 5.26 Å². The third kappa shape index (κ3) is 4.27. The van der Waals surface area contributed by atoms with Crippen molar-refractivity contribution in [2.45, 2.75) is 11.6 Å². The molecule has 0 saturated heterocycles. The highest BCUT2D eigenvalue weighted by Crippen LogP contribution is 2.29. The zero-order chi connectivity index (χ0) is 19.4. The average molecular weight is 379 g/mol. The zero-order valence-corrected chi connectivity index (χ0v) is 15.7. The van der Waals surface area contributed by atoms with Crippen molar-refractivity contribution in [3.63, 3.8) is 0 Å². The number of ether oxygens (including phenoxy) is 1. The first-order chi connectivity index (χ1) is 13.0. The number of thiol groups is 1. The number of nitrogens with zero attached hydrogens (tertiary/aromatic N) is 5. The SMILES string of the molecule is CN(C)C(=O)Cn1cc(-c2ccc(Oc3ccnc(S)c3C#N)cc2)cn1. The van der Waals surface area contributed by atoms with Crippen molar-refractivity contribution in [3.8, 4) is 28.7 Å². The number of benzene rings is 1. The Balaban J connectivity index is 1.75. The van der Waals surface area contributed by atoms with Crippen molar-refractivity contribution >= 4 is 18.5 Å². The minimum absolute atomic E-state index is 0.0254. The van der Waals surface area contributed by atoms with E-state index < -0.39 is 0 Å². The molecule has 3 aromatic rings. The van der Waals surface area contributed by atoms with Crippen LogP contribution in [0.1, 0.15) is 5.56 Å². The molecule has 0 aliphatic heterocycles. The van der Waals surface area contributed by atoms with Gasteiger partial charge in [-0.3, -0.25) is 9.48 Å². The Bertz CT molecular complexity index is 1010. The number of hydrogen-bond donors (Lipinski definition) is 1. The molecule has 0 unspecified atom stereocenters. The Morgan fingerprint density at radius 3 is 2.67 bits per heavy atom. The molecule has 1 amide bonds. The summed E-state index contributed by atoms with van der Waals surface area (Å²) in [6.45, 7) is 0.194. The first-order valence-electron chi connectivity index (χ1n) is 8.07. The summed E-state index contributed by atoms with van der Waals surface area (Å²) in [5.74, 6) is 0.965. The largest absolute Gasteiger partial charge is 0.456 e. The first kappa shape index (κ1) is 18.5. The van der Waals surface area contributed by atoms with Crippen LogP contribution >= 0.6 is 12.6 Å². The lowest BCUT2D eigenvalue weighted by molar-refractivity contribution is -0.129. The van der Waals surface area contributed by atoms with Gasteiger partial charge in [-0.15, -0.1) is 12.6 Å². The van der Waals surface area contributed by atoms with Gasteiger partial charge in [-0.2, -0.15) is 10.4 Å². The van der Waals surface area contributed by atoms with Gasteiger partial charge in [0.2, 0.25) is 5.91 Å². The molecule has 27 heavy (non-hydrogen) atoms. The highest BCUT2D eigenvalue weighted by atomic mass is 32.1. The van der Waals surface area contributed by atoms with Gasteiger partial charge in [0.1, 0.15) is 34.7 Å². The Hall–Kier alpha value is -3.31. The van der Waals surface area contributed by atoms with E-state index in [1.165, 1.54) is 11.1 Å². The highest BCUT2D eigenvalue weighted by Gasteiger charge is 2.10. The summed E-state index contributed by atoms with van der Waals surface area (Å²) in [4.78, 5) is 17.3. The molecule has 0 spiro atoms. The Morgan fingerprint density at radius 1 is 1.26 bits per heavy atom. The second-order valence-corrected chi connectivity index (χ2v) is 6.38. The van der Waals surface area contributed by atoms with Crippen LogP contribution < -0.4 is 4.74 Å². The highest BCUT2D eigenvalue weighted by molar-refractivity contribution is 7.80. The predicted octanol–water partition coefficient (Wildman–Crippen LogP) is 2.99. The lowest BCUT2D eigenvalue weighted by Gasteiger charge is -2.09. The van der Waals surface area contributed by atoms with E-state index in [-0.39, 0.29) is 18.0 Å². The topological polar surface area (TPSA) is 84.0 Å². The number of amides is 1. The minimum Gasteiger partial charge on any atom is -0.456 e. The summed E-state index contributed by atoms with van der Waals surface area (Å²) < 4.78 is 7.38. The van der Waals surface area contributed by atoms with Crippen LogP contribution in [0.2, 0.25) is 0 Å². The maximum atomic E-state index is 11.8. The molecule has 0 aliphatic carbocycles. The van der Waals surface area contributed by atoms with E-state index in [1.807, 2.05) is 24.4 Å². The Kier molecular flexibility index (Phi) is 5.43. The lowest BCUT2D eigenvalue weighted by atomic mass is 10.1. The van der Waals surface area contributed by atoms with Crippen LogP contribution in [0.25, 0.3) is 11.1 Å². The fourth-order valence-electron chi connectivity index (χ4n) is 2.35. The maximum Gasteiger partial charge on any atom is 0.243 e. The number of carbonyl (C=O) groups excluding carboxylic acids is 1. The van der Waals surface area contributed by atoms with E-state index in [1.54, 1.807) is 43.2 Å². The summed E-state index contributed by atoms with van der Waals surface area (Å²) in [7, 11) is 3.42. The van der Waals surface area contributed by atoms with E-state index >= 15 is 0 Å². The number of rotatable bonds is 5. The Labute approximate surface area is 162 Å². The number of nitriles is 1. The Morgan fingerprint density at radius 2 is 2.00 bits per heavy atom. The van der Waals surface area contributed by atoms with Crippen LogP contribution in [-0.4, -0.2) is 39.7 Å². The van der Waals surface area contributed by atoms with Crippen LogP contribution in [0.15, 0.2) is 53.9 Å². The number of aromatic nitrogens is 3. The van der Waals surface area contributed by atoms with Crippen LogP contribution in [-0.2, 0) is 11.3 Å². The van der Waals surface area contributed by atoms with Crippen molar-refractivity contribution in [3.05, 3.63) is 54.5 Å². The molecule has 0 N–H and O–H groups in total. The van der Waals surface area contributed by atoms with Crippen molar-refractivity contribution in [1.82, 2.24) is 19.7 Å². The standard InChI is InChI=1S/C19H17N5O2S/c1-23(2)18(25)12-24-11-14(10-22-24)13-3-5-15(6-4-13)26-17-7-8-21-19(27)16(17)9-20/h3-8,10-11H,12H2,1-2H3,(H,21,27). The summed E-state index contributed by atoms with van der Waals surface area (Å²) in [6.07, 6.45) is 5.07. The van der Waals surface area contributed by atoms with Gasteiger partial charge in [0.05, 0.1) is 6.20 Å². The molecular formula is C19H17N5O2S. The molecule has 0 saturated carbocycles. The van der Waals surface area contributed by atoms with Gasteiger partial charge >= 0.3 is 0 Å². The molecule has 136 valence electrons. The molecule has 0 aliphatic rings. The summed E-state index contributed by atoms with van der Waals surface area (Å²) in [5.41, 5.74) is 2.13. The number of carbonyl (C=O) groups is 1. The van der Waals surface area contributed by atoms with E-state index in [0.717, 1.165) is 11.1 Å². The average Bonchev–Trinajstić information content (AvgIpc) is 3.11. The van der Waals surface area contributed by atoms with Crippen molar-refractivity contribution in [2.75, 3.05) is 14.1 Å². The van der Waals surface area contributed by atoms with Gasteiger partial charge in [0.25, 0.3) is 0 Å². The molecule has 0 radical (unpaired) electrons. The number of pyridine rings is 1. The molecule has 2 heterocycles. The van der Waals surface area contributed by atoms with Gasteiger partial charge in [-0.1, -0.05) is 12.1 Å². The van der Waals surface area contributed by atoms with Gasteiger partial charge in [-0.25, -0.2) is 4.98 Å².